The zero-order valence-corrected chi connectivity index (χ0v) is 13.3. The van der Waals surface area contributed by atoms with Gasteiger partial charge in [0.15, 0.2) is 0 Å². The van der Waals surface area contributed by atoms with Crippen LogP contribution in [0.5, 0.6) is 0 Å². The third kappa shape index (κ3) is 3.62. The topological polar surface area (TPSA) is 66.6 Å². The lowest BCUT2D eigenvalue weighted by atomic mass is 10.0. The van der Waals surface area contributed by atoms with E-state index in [1.165, 1.54) is 0 Å². The van der Waals surface area contributed by atoms with Crippen molar-refractivity contribution in [2.24, 2.45) is 5.73 Å². The summed E-state index contributed by atoms with van der Waals surface area (Å²) in [7, 11) is 0. The van der Waals surface area contributed by atoms with E-state index in [-0.39, 0.29) is 12.6 Å². The van der Waals surface area contributed by atoms with Gasteiger partial charge in [0.2, 0.25) is 0 Å². The number of carbonyl (C=O) groups excluding carboxylic acids is 1. The van der Waals surface area contributed by atoms with Crippen molar-refractivity contribution in [2.45, 2.75) is 12.5 Å². The Morgan fingerprint density at radius 3 is 2.38 bits per heavy atom. The van der Waals surface area contributed by atoms with Crippen molar-refractivity contribution in [1.29, 1.82) is 0 Å². The molecule has 3 N–H and O–H groups in total. The molecule has 0 fully saturated rings. The zero-order chi connectivity index (χ0) is 16.9. The first kappa shape index (κ1) is 16.2. The van der Waals surface area contributed by atoms with Crippen molar-refractivity contribution in [2.75, 3.05) is 6.54 Å². The standard InChI is InChI=1S/C20H20N2O2/c21-19(16-7-2-1-3-8-16)12-13-22(24)20(23)18-11-10-15-6-4-5-9-17(15)14-18/h1-11,14,19,24H,12-13,21H2/t19-/m0/s1. The van der Waals surface area contributed by atoms with E-state index >= 15 is 0 Å². The predicted molar refractivity (Wildman–Crippen MR) is 94.8 cm³/mol. The lowest BCUT2D eigenvalue weighted by Crippen LogP contribution is -2.30. The molecule has 4 heteroatoms. The Bertz CT molecular complexity index is 833. The third-order valence-corrected chi connectivity index (χ3v) is 4.11. The number of hydrogen-bond acceptors (Lipinski definition) is 3. The molecular formula is C20H20N2O2. The molecule has 0 aliphatic rings. The molecule has 1 atom stereocenters. The van der Waals surface area contributed by atoms with Gasteiger partial charge in [-0.15, -0.1) is 0 Å². The van der Waals surface area contributed by atoms with Crippen LogP contribution in [-0.2, 0) is 0 Å². The maximum absolute atomic E-state index is 12.4. The van der Waals surface area contributed by atoms with Gasteiger partial charge in [-0.05, 0) is 34.9 Å². The van der Waals surface area contributed by atoms with Gasteiger partial charge in [0.1, 0.15) is 0 Å². The van der Waals surface area contributed by atoms with Crippen molar-refractivity contribution >= 4 is 16.7 Å². The van der Waals surface area contributed by atoms with E-state index in [1.807, 2.05) is 60.7 Å². The lowest BCUT2D eigenvalue weighted by molar-refractivity contribution is -0.0594. The highest BCUT2D eigenvalue weighted by Gasteiger charge is 2.15. The molecule has 3 aromatic rings. The molecule has 1 amide bonds. The molecule has 0 radical (unpaired) electrons. The molecule has 0 saturated carbocycles. The van der Waals surface area contributed by atoms with Gasteiger partial charge in [-0.25, -0.2) is 5.06 Å². The smallest absolute Gasteiger partial charge is 0.277 e. The van der Waals surface area contributed by atoms with Crippen molar-refractivity contribution < 1.29 is 10.0 Å². The van der Waals surface area contributed by atoms with Gasteiger partial charge in [-0.2, -0.15) is 0 Å². The predicted octanol–water partition coefficient (Wildman–Crippen LogP) is 3.76. The molecule has 3 rings (SSSR count). The maximum atomic E-state index is 12.4. The average Bonchev–Trinajstić information content (AvgIpc) is 2.65. The van der Waals surface area contributed by atoms with Crippen LogP contribution in [-0.4, -0.2) is 22.7 Å². The molecule has 3 aromatic carbocycles. The van der Waals surface area contributed by atoms with E-state index in [0.717, 1.165) is 21.4 Å². The second kappa shape index (κ2) is 7.25. The molecule has 0 spiro atoms. The van der Waals surface area contributed by atoms with Crippen LogP contribution in [0.2, 0.25) is 0 Å². The van der Waals surface area contributed by atoms with E-state index in [4.69, 9.17) is 5.73 Å². The summed E-state index contributed by atoms with van der Waals surface area (Å²) in [6.07, 6.45) is 0.486. The number of nitrogens with two attached hydrogens (primary N) is 1. The molecule has 0 bridgehead atoms. The quantitative estimate of drug-likeness (QED) is 0.555. The Kier molecular flexibility index (Phi) is 4.89. The van der Waals surface area contributed by atoms with Crippen LogP contribution in [0, 0.1) is 0 Å². The minimum absolute atomic E-state index is 0.182. The first-order valence-corrected chi connectivity index (χ1v) is 7.95. The van der Waals surface area contributed by atoms with Gasteiger partial charge in [0.25, 0.3) is 5.91 Å². The SMILES string of the molecule is N[C@@H](CCN(O)C(=O)c1ccc2ccccc2c1)c1ccccc1. The highest BCUT2D eigenvalue weighted by atomic mass is 16.5. The van der Waals surface area contributed by atoms with Gasteiger partial charge in [0, 0.05) is 11.6 Å². The first-order chi connectivity index (χ1) is 11.6. The van der Waals surface area contributed by atoms with Crippen LogP contribution in [0.1, 0.15) is 28.4 Å². The molecule has 0 aromatic heterocycles. The first-order valence-electron chi connectivity index (χ1n) is 7.95. The van der Waals surface area contributed by atoms with Crippen LogP contribution in [0.3, 0.4) is 0 Å². The molecule has 0 unspecified atom stereocenters. The van der Waals surface area contributed by atoms with E-state index in [2.05, 4.69) is 0 Å². The number of hydroxylamine groups is 2. The van der Waals surface area contributed by atoms with Crippen molar-refractivity contribution in [3.63, 3.8) is 0 Å². The van der Waals surface area contributed by atoms with Gasteiger partial charge >= 0.3 is 0 Å². The third-order valence-electron chi connectivity index (χ3n) is 4.11. The number of rotatable bonds is 5. The normalized spacial score (nSPS) is 12.1. The summed E-state index contributed by atoms with van der Waals surface area (Å²) in [5.74, 6) is -0.416. The Hall–Kier alpha value is -2.69. The maximum Gasteiger partial charge on any atom is 0.277 e. The minimum Gasteiger partial charge on any atom is -0.324 e. The van der Waals surface area contributed by atoms with Crippen molar-refractivity contribution in [3.05, 3.63) is 83.9 Å². The molecule has 122 valence electrons. The average molecular weight is 320 g/mol. The molecule has 0 saturated heterocycles. The van der Waals surface area contributed by atoms with Gasteiger partial charge in [-0.3, -0.25) is 10.0 Å². The summed E-state index contributed by atoms with van der Waals surface area (Å²) < 4.78 is 0. The van der Waals surface area contributed by atoms with E-state index in [1.54, 1.807) is 12.1 Å². The number of benzene rings is 3. The summed E-state index contributed by atoms with van der Waals surface area (Å²) in [6, 6.07) is 22.6. The fraction of sp³-hybridized carbons (Fsp3) is 0.150. The molecule has 24 heavy (non-hydrogen) atoms. The van der Waals surface area contributed by atoms with Crippen molar-refractivity contribution in [1.82, 2.24) is 5.06 Å². The highest BCUT2D eigenvalue weighted by Crippen LogP contribution is 2.18. The fourth-order valence-corrected chi connectivity index (χ4v) is 2.70. The molecular weight excluding hydrogens is 300 g/mol. The number of nitrogens with zero attached hydrogens (tertiary/aromatic N) is 1. The van der Waals surface area contributed by atoms with E-state index in [9.17, 15) is 10.0 Å². The second-order valence-corrected chi connectivity index (χ2v) is 5.80. The molecule has 0 heterocycles. The molecule has 0 aliphatic carbocycles. The molecule has 0 aliphatic heterocycles. The van der Waals surface area contributed by atoms with Gasteiger partial charge in [-0.1, -0.05) is 60.7 Å². The largest absolute Gasteiger partial charge is 0.324 e. The van der Waals surface area contributed by atoms with Gasteiger partial charge in [0.05, 0.1) is 6.54 Å². The summed E-state index contributed by atoms with van der Waals surface area (Å²) in [6.45, 7) is 0.182. The van der Waals surface area contributed by atoms with Crippen molar-refractivity contribution in [3.8, 4) is 0 Å². The minimum atomic E-state index is -0.416. The monoisotopic (exact) mass is 320 g/mol. The van der Waals surface area contributed by atoms with Crippen LogP contribution in [0.25, 0.3) is 10.8 Å². The Balaban J connectivity index is 1.65. The summed E-state index contributed by atoms with van der Waals surface area (Å²) in [5.41, 5.74) is 7.56. The highest BCUT2D eigenvalue weighted by molar-refractivity contribution is 5.98. The number of fused-ring (bicyclic) bond motifs is 1. The Labute approximate surface area is 141 Å². The van der Waals surface area contributed by atoms with E-state index in [0.29, 0.717) is 12.0 Å². The van der Waals surface area contributed by atoms with E-state index < -0.39 is 5.91 Å². The summed E-state index contributed by atoms with van der Waals surface area (Å²) >= 11 is 0. The van der Waals surface area contributed by atoms with Crippen LogP contribution >= 0.6 is 0 Å². The number of amides is 1. The Morgan fingerprint density at radius 1 is 0.958 bits per heavy atom. The molecule has 4 nitrogen and oxygen atoms in total. The van der Waals surface area contributed by atoms with Gasteiger partial charge < -0.3 is 5.73 Å². The zero-order valence-electron chi connectivity index (χ0n) is 13.3. The second-order valence-electron chi connectivity index (χ2n) is 5.80. The summed E-state index contributed by atoms with van der Waals surface area (Å²) in [5, 5.41) is 12.8. The van der Waals surface area contributed by atoms with Crippen LogP contribution in [0.4, 0.5) is 0 Å². The fourth-order valence-electron chi connectivity index (χ4n) is 2.70. The van der Waals surface area contributed by atoms with Crippen LogP contribution in [0.15, 0.2) is 72.8 Å². The van der Waals surface area contributed by atoms with Crippen LogP contribution < -0.4 is 5.73 Å². The Morgan fingerprint density at radius 2 is 1.62 bits per heavy atom. The number of carbonyl (C=O) groups is 1. The lowest BCUT2D eigenvalue weighted by Gasteiger charge is -2.18. The number of hydrogen-bond donors (Lipinski definition) is 2. The summed E-state index contributed by atoms with van der Waals surface area (Å²) in [4.78, 5) is 12.4.